The van der Waals surface area contributed by atoms with Gasteiger partial charge < -0.3 is 30.1 Å². The number of carbonyl (C=O) groups excluding carboxylic acids is 1. The van der Waals surface area contributed by atoms with E-state index in [0.717, 1.165) is 5.56 Å². The number of hydrogen-bond donors (Lipinski definition) is 3. The molecule has 1 saturated carbocycles. The molecule has 1 aliphatic carbocycles. The van der Waals surface area contributed by atoms with Crippen LogP contribution in [0.15, 0.2) is 23.8 Å². The standard InChI is InChI=1S/C22H28N4O7/c23-11-15-10-17-2-1-3-20(21(17)32-13-15)31-14-18(27)12-24-8-9-25-22(28)16-4-6-19(7-5-16)33-26(29)30/h1-3,10,16,18-19,24,27H,4-9,12-14H2,(H,25,28)/t16-,18?,19-. The Kier molecular flexibility index (Phi) is 8.86. The van der Waals surface area contributed by atoms with Crippen LogP contribution in [0.5, 0.6) is 11.5 Å². The third-order valence-corrected chi connectivity index (χ3v) is 5.55. The highest BCUT2D eigenvalue weighted by atomic mass is 17.0. The number of nitriles is 1. The first kappa shape index (κ1) is 24.3. The Morgan fingerprint density at radius 1 is 1.33 bits per heavy atom. The van der Waals surface area contributed by atoms with Gasteiger partial charge in [-0.2, -0.15) is 5.26 Å². The smallest absolute Gasteiger partial charge is 0.294 e. The fourth-order valence-corrected chi connectivity index (χ4v) is 3.84. The van der Waals surface area contributed by atoms with Crippen molar-refractivity contribution in [2.24, 2.45) is 5.92 Å². The van der Waals surface area contributed by atoms with Crippen LogP contribution in [0.25, 0.3) is 6.08 Å². The zero-order valence-corrected chi connectivity index (χ0v) is 18.2. The first-order valence-corrected chi connectivity index (χ1v) is 10.9. The minimum Gasteiger partial charge on any atom is -0.487 e. The second-order valence-corrected chi connectivity index (χ2v) is 8.01. The molecule has 0 saturated heterocycles. The molecule has 1 aromatic carbocycles. The molecule has 3 N–H and O–H groups in total. The Morgan fingerprint density at radius 3 is 2.85 bits per heavy atom. The van der Waals surface area contributed by atoms with Crippen molar-refractivity contribution in [2.45, 2.75) is 37.9 Å². The van der Waals surface area contributed by atoms with Gasteiger partial charge in [0.1, 0.15) is 25.4 Å². The van der Waals surface area contributed by atoms with Crippen molar-refractivity contribution in [1.82, 2.24) is 10.6 Å². The molecular formula is C22H28N4O7. The van der Waals surface area contributed by atoms with E-state index in [2.05, 4.69) is 21.5 Å². The van der Waals surface area contributed by atoms with Crippen LogP contribution in [-0.4, -0.2) is 61.2 Å². The molecule has 3 rings (SSSR count). The van der Waals surface area contributed by atoms with Gasteiger partial charge in [-0.1, -0.05) is 12.1 Å². The maximum absolute atomic E-state index is 12.2. The summed E-state index contributed by atoms with van der Waals surface area (Å²) < 4.78 is 11.3. The van der Waals surface area contributed by atoms with Gasteiger partial charge in [0, 0.05) is 31.1 Å². The van der Waals surface area contributed by atoms with E-state index in [1.807, 2.05) is 6.07 Å². The SMILES string of the molecule is N#CC1=Cc2cccc(OCC(O)CNCCNC(=O)[C@H]3CC[C@H](O[N+](=O)[O-])CC3)c2OC1. The highest BCUT2D eigenvalue weighted by Gasteiger charge is 2.27. The van der Waals surface area contributed by atoms with Crippen molar-refractivity contribution in [1.29, 1.82) is 5.26 Å². The van der Waals surface area contributed by atoms with Crippen LogP contribution in [0.2, 0.25) is 0 Å². The van der Waals surface area contributed by atoms with Gasteiger partial charge in [0.15, 0.2) is 11.5 Å². The lowest BCUT2D eigenvalue weighted by Gasteiger charge is -2.26. The highest BCUT2D eigenvalue weighted by Crippen LogP contribution is 2.35. The summed E-state index contributed by atoms with van der Waals surface area (Å²) in [5.74, 6) is 0.833. The molecule has 0 radical (unpaired) electrons. The van der Waals surface area contributed by atoms with Crippen molar-refractivity contribution >= 4 is 12.0 Å². The zero-order chi connectivity index (χ0) is 23.6. The third-order valence-electron chi connectivity index (χ3n) is 5.55. The second kappa shape index (κ2) is 12.0. The van der Waals surface area contributed by atoms with Crippen molar-refractivity contribution < 1.29 is 29.3 Å². The minimum atomic E-state index is -0.777. The van der Waals surface area contributed by atoms with Crippen LogP contribution in [-0.2, 0) is 9.63 Å². The molecule has 1 aliphatic heterocycles. The van der Waals surface area contributed by atoms with E-state index in [0.29, 0.717) is 55.8 Å². The van der Waals surface area contributed by atoms with Crippen LogP contribution < -0.4 is 20.1 Å². The molecule has 1 aromatic rings. The molecule has 2 aliphatic rings. The number of nitrogens with one attached hydrogen (secondary N) is 2. The van der Waals surface area contributed by atoms with Crippen LogP contribution in [0, 0.1) is 27.4 Å². The Balaban J connectivity index is 1.29. The number of hydrogen-bond acceptors (Lipinski definition) is 9. The van der Waals surface area contributed by atoms with Gasteiger partial charge >= 0.3 is 0 Å². The Morgan fingerprint density at radius 2 is 2.12 bits per heavy atom. The quantitative estimate of drug-likeness (QED) is 0.251. The Hall–Kier alpha value is -3.36. The third kappa shape index (κ3) is 7.34. The summed E-state index contributed by atoms with van der Waals surface area (Å²) in [4.78, 5) is 27.2. The number of ether oxygens (including phenoxy) is 2. The summed E-state index contributed by atoms with van der Waals surface area (Å²) >= 11 is 0. The molecule has 11 nitrogen and oxygen atoms in total. The first-order chi connectivity index (χ1) is 16.0. The average molecular weight is 460 g/mol. The number of para-hydroxylation sites is 1. The van der Waals surface area contributed by atoms with Crippen molar-refractivity contribution in [3.8, 4) is 17.6 Å². The molecule has 1 amide bonds. The second-order valence-electron chi connectivity index (χ2n) is 8.01. The fourth-order valence-electron chi connectivity index (χ4n) is 3.84. The number of rotatable bonds is 11. The van der Waals surface area contributed by atoms with E-state index < -0.39 is 17.3 Å². The molecule has 1 heterocycles. The molecule has 178 valence electrons. The molecule has 0 aromatic heterocycles. The van der Waals surface area contributed by atoms with E-state index in [9.17, 15) is 20.0 Å². The van der Waals surface area contributed by atoms with Crippen LogP contribution in [0.3, 0.4) is 0 Å². The summed E-state index contributed by atoms with van der Waals surface area (Å²) in [5, 5.41) is 34.7. The van der Waals surface area contributed by atoms with E-state index in [4.69, 9.17) is 14.7 Å². The van der Waals surface area contributed by atoms with Gasteiger partial charge in [0.2, 0.25) is 5.91 Å². The molecule has 1 atom stereocenters. The maximum atomic E-state index is 12.2. The van der Waals surface area contributed by atoms with Gasteiger partial charge in [-0.05, 0) is 37.8 Å². The zero-order valence-electron chi connectivity index (χ0n) is 18.2. The lowest BCUT2D eigenvalue weighted by Crippen LogP contribution is -2.40. The van der Waals surface area contributed by atoms with Crippen molar-refractivity contribution in [3.63, 3.8) is 0 Å². The lowest BCUT2D eigenvalue weighted by molar-refractivity contribution is -0.769. The molecule has 11 heteroatoms. The van der Waals surface area contributed by atoms with Gasteiger partial charge in [-0.15, -0.1) is 10.1 Å². The number of aliphatic hydroxyl groups excluding tert-OH is 1. The number of carbonyl (C=O) groups is 1. The van der Waals surface area contributed by atoms with E-state index in [1.165, 1.54) is 0 Å². The van der Waals surface area contributed by atoms with Crippen LogP contribution in [0.4, 0.5) is 0 Å². The Labute approximate surface area is 191 Å². The molecular weight excluding hydrogens is 432 g/mol. The summed E-state index contributed by atoms with van der Waals surface area (Å²) in [6.07, 6.45) is 2.69. The van der Waals surface area contributed by atoms with Crippen LogP contribution in [0.1, 0.15) is 31.2 Å². The lowest BCUT2D eigenvalue weighted by atomic mass is 9.87. The van der Waals surface area contributed by atoms with E-state index in [1.54, 1.807) is 18.2 Å². The molecule has 0 bridgehead atoms. The minimum absolute atomic E-state index is 0.0590. The van der Waals surface area contributed by atoms with Gasteiger partial charge in [0.05, 0.1) is 11.6 Å². The van der Waals surface area contributed by atoms with Gasteiger partial charge in [-0.25, -0.2) is 0 Å². The molecule has 1 unspecified atom stereocenters. The Bertz CT molecular complexity index is 906. The summed E-state index contributed by atoms with van der Waals surface area (Å²) in [5.41, 5.74) is 1.30. The van der Waals surface area contributed by atoms with Crippen LogP contribution >= 0.6 is 0 Å². The maximum Gasteiger partial charge on any atom is 0.294 e. The monoisotopic (exact) mass is 460 g/mol. The fraction of sp³-hybridized carbons (Fsp3) is 0.545. The topological polar surface area (TPSA) is 156 Å². The van der Waals surface area contributed by atoms with E-state index >= 15 is 0 Å². The molecule has 0 spiro atoms. The summed E-state index contributed by atoms with van der Waals surface area (Å²) in [6.45, 7) is 1.42. The average Bonchev–Trinajstić information content (AvgIpc) is 2.82. The van der Waals surface area contributed by atoms with Gasteiger partial charge in [-0.3, -0.25) is 4.79 Å². The predicted octanol–water partition coefficient (Wildman–Crippen LogP) is 1.20. The summed E-state index contributed by atoms with van der Waals surface area (Å²) in [7, 11) is 0. The molecule has 33 heavy (non-hydrogen) atoms. The summed E-state index contributed by atoms with van der Waals surface area (Å²) in [6, 6.07) is 7.45. The number of amides is 1. The predicted molar refractivity (Wildman–Crippen MR) is 117 cm³/mol. The highest BCUT2D eigenvalue weighted by molar-refractivity contribution is 5.78. The van der Waals surface area contributed by atoms with Crippen molar-refractivity contribution in [3.05, 3.63) is 39.4 Å². The van der Waals surface area contributed by atoms with Crippen molar-refractivity contribution in [2.75, 3.05) is 32.8 Å². The largest absolute Gasteiger partial charge is 0.487 e. The normalized spacial score (nSPS) is 20.3. The number of fused-ring (bicyclic) bond motifs is 1. The number of benzene rings is 1. The first-order valence-electron chi connectivity index (χ1n) is 10.9. The number of nitrogens with zero attached hydrogens (tertiary/aromatic N) is 2. The van der Waals surface area contributed by atoms with Gasteiger partial charge in [0.25, 0.3) is 5.09 Å². The number of aliphatic hydroxyl groups is 1. The van der Waals surface area contributed by atoms with E-state index in [-0.39, 0.29) is 31.6 Å². The molecule has 1 fully saturated rings.